The molecule has 0 bridgehead atoms. The van der Waals surface area contributed by atoms with Crippen molar-refractivity contribution in [2.45, 2.75) is 13.0 Å². The van der Waals surface area contributed by atoms with Gasteiger partial charge in [-0.05, 0) is 13.0 Å². The number of rotatable bonds is 4. The molecule has 7 nitrogen and oxygen atoms in total. The molecule has 108 valence electrons. The highest BCUT2D eigenvalue weighted by Crippen LogP contribution is 2.20. The number of benzene rings is 1. The Morgan fingerprint density at radius 1 is 1.60 bits per heavy atom. The molecule has 1 aliphatic heterocycles. The Bertz CT molecular complexity index is 512. The number of hydrogen-bond acceptors (Lipinski definition) is 5. The molecule has 1 aromatic rings. The number of morpholine rings is 1. The van der Waals surface area contributed by atoms with Crippen LogP contribution in [0.1, 0.15) is 15.9 Å². The van der Waals surface area contributed by atoms with Crippen LogP contribution >= 0.6 is 0 Å². The summed E-state index contributed by atoms with van der Waals surface area (Å²) in [4.78, 5) is 22.4. The molecule has 1 aliphatic rings. The summed E-state index contributed by atoms with van der Waals surface area (Å²) in [5.74, 6) is -0.307. The van der Waals surface area contributed by atoms with Crippen LogP contribution in [-0.2, 0) is 4.74 Å². The number of hydrogen-bond donors (Lipinski definition) is 2. The number of amides is 1. The summed E-state index contributed by atoms with van der Waals surface area (Å²) in [6.45, 7) is 4.00. The first-order valence-electron chi connectivity index (χ1n) is 6.43. The van der Waals surface area contributed by atoms with Crippen molar-refractivity contribution in [2.24, 2.45) is 0 Å². The lowest BCUT2D eigenvalue weighted by molar-refractivity contribution is -0.385. The van der Waals surface area contributed by atoms with Crippen LogP contribution in [0.25, 0.3) is 0 Å². The van der Waals surface area contributed by atoms with Gasteiger partial charge in [0.05, 0.1) is 18.1 Å². The summed E-state index contributed by atoms with van der Waals surface area (Å²) in [5, 5.41) is 16.8. The van der Waals surface area contributed by atoms with Crippen molar-refractivity contribution in [3.63, 3.8) is 0 Å². The van der Waals surface area contributed by atoms with Gasteiger partial charge in [0.25, 0.3) is 11.6 Å². The maximum absolute atomic E-state index is 12.1. The Hall–Kier alpha value is -1.99. The van der Waals surface area contributed by atoms with Crippen LogP contribution in [0.15, 0.2) is 18.2 Å². The second-order valence-electron chi connectivity index (χ2n) is 4.64. The predicted octanol–water partition coefficient (Wildman–Crippen LogP) is 0.621. The van der Waals surface area contributed by atoms with Gasteiger partial charge in [-0.15, -0.1) is 0 Å². The van der Waals surface area contributed by atoms with Gasteiger partial charge in [0.15, 0.2) is 0 Å². The van der Waals surface area contributed by atoms with Crippen LogP contribution in [0.4, 0.5) is 5.69 Å². The van der Waals surface area contributed by atoms with Crippen LogP contribution in [-0.4, -0.2) is 43.2 Å². The molecule has 2 rings (SSSR count). The highest BCUT2D eigenvalue weighted by atomic mass is 16.6. The number of nitro benzene ring substituents is 1. The summed E-state index contributed by atoms with van der Waals surface area (Å²) in [6.07, 6.45) is 0. The zero-order valence-electron chi connectivity index (χ0n) is 11.2. The van der Waals surface area contributed by atoms with E-state index >= 15 is 0 Å². The molecule has 0 spiro atoms. The third kappa shape index (κ3) is 3.31. The van der Waals surface area contributed by atoms with Crippen molar-refractivity contribution in [3.05, 3.63) is 39.4 Å². The van der Waals surface area contributed by atoms with Crippen molar-refractivity contribution in [2.75, 3.05) is 26.3 Å². The number of nitro groups is 1. The normalized spacial score (nSPS) is 18.6. The van der Waals surface area contributed by atoms with Crippen molar-refractivity contribution >= 4 is 11.6 Å². The Kier molecular flexibility index (Phi) is 4.65. The first kappa shape index (κ1) is 14.4. The first-order chi connectivity index (χ1) is 9.59. The minimum atomic E-state index is -0.483. The second-order valence-corrected chi connectivity index (χ2v) is 4.64. The van der Waals surface area contributed by atoms with E-state index in [1.165, 1.54) is 12.1 Å². The minimum Gasteiger partial charge on any atom is -0.378 e. The molecule has 0 saturated carbocycles. The maximum atomic E-state index is 12.1. The van der Waals surface area contributed by atoms with Crippen molar-refractivity contribution in [1.82, 2.24) is 10.6 Å². The fourth-order valence-corrected chi connectivity index (χ4v) is 2.13. The highest BCUT2D eigenvalue weighted by molar-refractivity contribution is 5.96. The topological polar surface area (TPSA) is 93.5 Å². The molecule has 1 amide bonds. The fraction of sp³-hybridized carbons (Fsp3) is 0.462. The van der Waals surface area contributed by atoms with Gasteiger partial charge in [-0.25, -0.2) is 0 Å². The molecule has 1 fully saturated rings. The van der Waals surface area contributed by atoms with Crippen LogP contribution in [0.3, 0.4) is 0 Å². The highest BCUT2D eigenvalue weighted by Gasteiger charge is 2.19. The average Bonchev–Trinajstić information content (AvgIpc) is 2.46. The average molecular weight is 279 g/mol. The number of ether oxygens (including phenoxy) is 1. The van der Waals surface area contributed by atoms with Gasteiger partial charge in [-0.1, -0.05) is 6.07 Å². The monoisotopic (exact) mass is 279 g/mol. The smallest absolute Gasteiger partial charge is 0.273 e. The van der Waals surface area contributed by atoms with Crippen molar-refractivity contribution in [1.29, 1.82) is 0 Å². The van der Waals surface area contributed by atoms with Crippen LogP contribution in [0.5, 0.6) is 0 Å². The van der Waals surface area contributed by atoms with E-state index in [-0.39, 0.29) is 17.6 Å². The van der Waals surface area contributed by atoms with Crippen LogP contribution in [0, 0.1) is 17.0 Å². The predicted molar refractivity (Wildman–Crippen MR) is 72.8 cm³/mol. The van der Waals surface area contributed by atoms with Gasteiger partial charge in [-0.3, -0.25) is 14.9 Å². The molecule has 1 unspecified atom stereocenters. The second kappa shape index (κ2) is 6.44. The summed E-state index contributed by atoms with van der Waals surface area (Å²) in [6, 6.07) is 4.57. The lowest BCUT2D eigenvalue weighted by Crippen LogP contribution is -2.48. The van der Waals surface area contributed by atoms with E-state index in [0.717, 1.165) is 6.54 Å². The first-order valence-corrected chi connectivity index (χ1v) is 6.43. The van der Waals surface area contributed by atoms with Gasteiger partial charge in [-0.2, -0.15) is 0 Å². The van der Waals surface area contributed by atoms with E-state index in [1.54, 1.807) is 13.0 Å². The zero-order valence-corrected chi connectivity index (χ0v) is 11.2. The number of carbonyl (C=O) groups is 1. The Labute approximate surface area is 116 Å². The Balaban J connectivity index is 2.01. The van der Waals surface area contributed by atoms with E-state index < -0.39 is 4.92 Å². The molecule has 0 aromatic heterocycles. The molecule has 0 aliphatic carbocycles. The maximum Gasteiger partial charge on any atom is 0.273 e. The molecule has 0 radical (unpaired) electrons. The molecule has 7 heteroatoms. The summed E-state index contributed by atoms with van der Waals surface area (Å²) < 4.78 is 5.29. The zero-order chi connectivity index (χ0) is 14.5. The minimum absolute atomic E-state index is 0.0447. The van der Waals surface area contributed by atoms with Gasteiger partial charge < -0.3 is 15.4 Å². The molecular weight excluding hydrogens is 262 g/mol. The van der Waals surface area contributed by atoms with Gasteiger partial charge in [0.1, 0.15) is 0 Å². The van der Waals surface area contributed by atoms with Crippen LogP contribution in [0.2, 0.25) is 0 Å². The largest absolute Gasteiger partial charge is 0.378 e. The van der Waals surface area contributed by atoms with Gasteiger partial charge >= 0.3 is 0 Å². The van der Waals surface area contributed by atoms with E-state index in [2.05, 4.69) is 10.6 Å². The Morgan fingerprint density at radius 2 is 2.40 bits per heavy atom. The van der Waals surface area contributed by atoms with Crippen LogP contribution < -0.4 is 10.6 Å². The standard InChI is InChI=1S/C13H17N3O4/c1-9-11(3-2-4-12(9)16(18)19)13(17)15-7-10-8-20-6-5-14-10/h2-4,10,14H,5-8H2,1H3,(H,15,17). The number of carbonyl (C=O) groups excluding carboxylic acids is 1. The molecule has 1 atom stereocenters. The fourth-order valence-electron chi connectivity index (χ4n) is 2.13. The van der Waals surface area contributed by atoms with Gasteiger partial charge in [0.2, 0.25) is 0 Å². The van der Waals surface area contributed by atoms with Crippen molar-refractivity contribution in [3.8, 4) is 0 Å². The summed E-state index contributed by atoms with van der Waals surface area (Å²) in [5.41, 5.74) is 0.663. The third-order valence-electron chi connectivity index (χ3n) is 3.25. The Morgan fingerprint density at radius 3 is 3.05 bits per heavy atom. The number of nitrogens with one attached hydrogen (secondary N) is 2. The van der Waals surface area contributed by atoms with E-state index in [9.17, 15) is 14.9 Å². The lowest BCUT2D eigenvalue weighted by Gasteiger charge is -2.24. The molecule has 1 heterocycles. The molecular formula is C13H17N3O4. The lowest BCUT2D eigenvalue weighted by atomic mass is 10.1. The van der Waals surface area contributed by atoms with E-state index in [4.69, 9.17) is 4.74 Å². The molecule has 1 saturated heterocycles. The van der Waals surface area contributed by atoms with E-state index in [0.29, 0.717) is 30.9 Å². The summed E-state index contributed by atoms with van der Waals surface area (Å²) >= 11 is 0. The third-order valence-corrected chi connectivity index (χ3v) is 3.25. The van der Waals surface area contributed by atoms with Crippen molar-refractivity contribution < 1.29 is 14.5 Å². The molecule has 1 aromatic carbocycles. The van der Waals surface area contributed by atoms with E-state index in [1.807, 2.05) is 0 Å². The SMILES string of the molecule is Cc1c(C(=O)NCC2COCCN2)cccc1[N+](=O)[O-]. The molecule has 2 N–H and O–H groups in total. The van der Waals surface area contributed by atoms with Gasteiger partial charge in [0, 0.05) is 36.3 Å². The number of nitrogens with zero attached hydrogens (tertiary/aromatic N) is 1. The molecule has 20 heavy (non-hydrogen) atoms. The quantitative estimate of drug-likeness (QED) is 0.622. The summed E-state index contributed by atoms with van der Waals surface area (Å²) in [7, 11) is 0.